The minimum Gasteiger partial charge on any atom is -0.379 e. The summed E-state index contributed by atoms with van der Waals surface area (Å²) in [4.78, 5) is 11.7. The van der Waals surface area contributed by atoms with Crippen LogP contribution in [0, 0.1) is 5.41 Å². The SMILES string of the molecule is CN=C(NCc1nc(C(C)C)cs1)NCC1(CN2CCOCC2)CCCCC1. The molecule has 0 bridgehead atoms. The normalized spacial score (nSPS) is 21.1. The number of rotatable bonds is 7. The lowest BCUT2D eigenvalue weighted by Crippen LogP contribution is -2.51. The molecule has 0 spiro atoms. The van der Waals surface area contributed by atoms with Gasteiger partial charge in [0.25, 0.3) is 0 Å². The third-order valence-electron chi connectivity index (χ3n) is 6.00. The van der Waals surface area contributed by atoms with Crippen molar-refractivity contribution in [2.75, 3.05) is 46.4 Å². The molecule has 158 valence electrons. The fourth-order valence-electron chi connectivity index (χ4n) is 4.25. The maximum Gasteiger partial charge on any atom is 0.191 e. The number of nitrogens with one attached hydrogen (secondary N) is 2. The van der Waals surface area contributed by atoms with Crippen LogP contribution in [0.25, 0.3) is 0 Å². The van der Waals surface area contributed by atoms with Gasteiger partial charge in [-0.15, -0.1) is 11.3 Å². The minimum absolute atomic E-state index is 0.346. The summed E-state index contributed by atoms with van der Waals surface area (Å²) >= 11 is 1.72. The van der Waals surface area contributed by atoms with E-state index in [-0.39, 0.29) is 0 Å². The second kappa shape index (κ2) is 10.6. The van der Waals surface area contributed by atoms with Gasteiger partial charge in [0, 0.05) is 44.0 Å². The van der Waals surface area contributed by atoms with Crippen LogP contribution in [0.5, 0.6) is 0 Å². The molecule has 0 atom stereocenters. The van der Waals surface area contributed by atoms with Crippen molar-refractivity contribution in [3.05, 3.63) is 16.1 Å². The van der Waals surface area contributed by atoms with Crippen LogP contribution < -0.4 is 10.6 Å². The molecule has 2 N–H and O–H groups in total. The van der Waals surface area contributed by atoms with Crippen LogP contribution in [0.15, 0.2) is 10.4 Å². The average molecular weight is 408 g/mol. The van der Waals surface area contributed by atoms with E-state index in [1.165, 1.54) is 44.3 Å². The highest BCUT2D eigenvalue weighted by Crippen LogP contribution is 2.36. The van der Waals surface area contributed by atoms with E-state index < -0.39 is 0 Å². The van der Waals surface area contributed by atoms with Gasteiger partial charge in [-0.1, -0.05) is 33.1 Å². The van der Waals surface area contributed by atoms with Gasteiger partial charge >= 0.3 is 0 Å². The van der Waals surface area contributed by atoms with E-state index in [1.54, 1.807) is 11.3 Å². The summed E-state index contributed by atoms with van der Waals surface area (Å²) in [5.41, 5.74) is 1.52. The number of thiazole rings is 1. The first kappa shape index (κ1) is 21.5. The van der Waals surface area contributed by atoms with Gasteiger partial charge in [0.05, 0.1) is 25.5 Å². The van der Waals surface area contributed by atoms with Crippen LogP contribution in [0.4, 0.5) is 0 Å². The lowest BCUT2D eigenvalue weighted by atomic mass is 9.73. The van der Waals surface area contributed by atoms with Crippen LogP contribution >= 0.6 is 11.3 Å². The van der Waals surface area contributed by atoms with Crippen molar-refractivity contribution in [2.24, 2.45) is 10.4 Å². The van der Waals surface area contributed by atoms with Crippen LogP contribution in [0.3, 0.4) is 0 Å². The standard InChI is InChI=1S/C21H37N5OS/c1-17(2)18-14-28-19(25-18)13-23-20(22-3)24-15-21(7-5-4-6-8-21)16-26-9-11-27-12-10-26/h14,17H,4-13,15-16H2,1-3H3,(H2,22,23,24). The van der Waals surface area contributed by atoms with Gasteiger partial charge in [-0.2, -0.15) is 0 Å². The molecule has 2 heterocycles. The summed E-state index contributed by atoms with van der Waals surface area (Å²) < 4.78 is 5.54. The predicted molar refractivity (Wildman–Crippen MR) is 117 cm³/mol. The van der Waals surface area contributed by atoms with Gasteiger partial charge in [0.2, 0.25) is 0 Å². The summed E-state index contributed by atoms with van der Waals surface area (Å²) in [5, 5.41) is 10.4. The fourth-order valence-corrected chi connectivity index (χ4v) is 5.14. The molecule has 1 aromatic heterocycles. The first-order valence-electron chi connectivity index (χ1n) is 10.8. The van der Waals surface area contributed by atoms with Crippen molar-refractivity contribution < 1.29 is 4.74 Å². The summed E-state index contributed by atoms with van der Waals surface area (Å²) in [6.45, 7) is 11.1. The van der Waals surface area contributed by atoms with E-state index in [0.29, 0.717) is 11.3 Å². The van der Waals surface area contributed by atoms with Crippen molar-refractivity contribution in [3.63, 3.8) is 0 Å². The molecule has 0 radical (unpaired) electrons. The van der Waals surface area contributed by atoms with Gasteiger partial charge < -0.3 is 15.4 Å². The lowest BCUT2D eigenvalue weighted by molar-refractivity contribution is 0.00820. The molecule has 1 aliphatic carbocycles. The van der Waals surface area contributed by atoms with Gasteiger partial charge in [0.15, 0.2) is 5.96 Å². The highest BCUT2D eigenvalue weighted by molar-refractivity contribution is 7.09. The van der Waals surface area contributed by atoms with E-state index in [9.17, 15) is 0 Å². The molecule has 1 aliphatic heterocycles. The second-order valence-electron chi connectivity index (χ2n) is 8.55. The molecule has 1 saturated carbocycles. The molecule has 0 aromatic carbocycles. The minimum atomic E-state index is 0.346. The van der Waals surface area contributed by atoms with Crippen LogP contribution in [0.2, 0.25) is 0 Å². The number of aromatic nitrogens is 1. The molecular weight excluding hydrogens is 370 g/mol. The Morgan fingerprint density at radius 2 is 2.00 bits per heavy atom. The van der Waals surface area contributed by atoms with Gasteiger partial charge in [-0.3, -0.25) is 9.89 Å². The molecule has 0 amide bonds. The first-order chi connectivity index (χ1) is 13.6. The molecule has 28 heavy (non-hydrogen) atoms. The summed E-state index contributed by atoms with van der Waals surface area (Å²) in [7, 11) is 1.85. The number of guanidine groups is 1. The third-order valence-corrected chi connectivity index (χ3v) is 6.87. The van der Waals surface area contributed by atoms with Gasteiger partial charge in [0.1, 0.15) is 5.01 Å². The molecular formula is C21H37N5OS. The summed E-state index contributed by atoms with van der Waals surface area (Å²) in [5.74, 6) is 1.36. The van der Waals surface area contributed by atoms with E-state index in [1.807, 2.05) is 7.05 Å². The van der Waals surface area contributed by atoms with Gasteiger partial charge in [-0.25, -0.2) is 4.98 Å². The monoisotopic (exact) mass is 407 g/mol. The van der Waals surface area contributed by atoms with E-state index in [0.717, 1.165) is 50.4 Å². The predicted octanol–water partition coefficient (Wildman–Crippen LogP) is 3.21. The number of hydrogen-bond donors (Lipinski definition) is 2. The van der Waals surface area contributed by atoms with Crippen LogP contribution in [-0.4, -0.2) is 62.3 Å². The molecule has 7 heteroatoms. The number of morpholine rings is 1. The Morgan fingerprint density at radius 1 is 1.25 bits per heavy atom. The zero-order chi connectivity index (χ0) is 19.8. The Labute approximate surface area is 174 Å². The molecule has 3 rings (SSSR count). The Hall–Kier alpha value is -1.18. The largest absolute Gasteiger partial charge is 0.379 e. The van der Waals surface area contributed by atoms with Crippen LogP contribution in [-0.2, 0) is 11.3 Å². The first-order valence-corrected chi connectivity index (χ1v) is 11.7. The fraction of sp³-hybridized carbons (Fsp3) is 0.810. The van der Waals surface area contributed by atoms with Crippen molar-refractivity contribution in [1.82, 2.24) is 20.5 Å². The van der Waals surface area contributed by atoms with Gasteiger partial charge in [-0.05, 0) is 18.8 Å². The van der Waals surface area contributed by atoms with E-state index >= 15 is 0 Å². The zero-order valence-electron chi connectivity index (χ0n) is 17.8. The molecule has 6 nitrogen and oxygen atoms in total. The molecule has 0 unspecified atom stereocenters. The lowest BCUT2D eigenvalue weighted by Gasteiger charge is -2.42. The van der Waals surface area contributed by atoms with E-state index in [4.69, 9.17) is 9.72 Å². The highest BCUT2D eigenvalue weighted by atomic mass is 32.1. The zero-order valence-corrected chi connectivity index (χ0v) is 18.6. The van der Waals surface area contributed by atoms with Crippen molar-refractivity contribution in [1.29, 1.82) is 0 Å². The second-order valence-corrected chi connectivity index (χ2v) is 9.49. The Balaban J connectivity index is 1.52. The molecule has 2 fully saturated rings. The highest BCUT2D eigenvalue weighted by Gasteiger charge is 2.34. The Kier molecular flexibility index (Phi) is 8.11. The Bertz CT molecular complexity index is 618. The maximum absolute atomic E-state index is 5.54. The van der Waals surface area contributed by atoms with Crippen molar-refractivity contribution in [2.45, 2.75) is 58.4 Å². The molecule has 1 saturated heterocycles. The molecule has 2 aliphatic rings. The molecule has 1 aromatic rings. The maximum atomic E-state index is 5.54. The van der Waals surface area contributed by atoms with Crippen LogP contribution in [0.1, 0.15) is 62.6 Å². The average Bonchev–Trinajstić information content (AvgIpc) is 3.19. The smallest absolute Gasteiger partial charge is 0.191 e. The quantitative estimate of drug-likeness (QED) is 0.537. The van der Waals surface area contributed by atoms with Crippen molar-refractivity contribution in [3.8, 4) is 0 Å². The third kappa shape index (κ3) is 6.16. The number of nitrogens with zero attached hydrogens (tertiary/aromatic N) is 3. The number of aliphatic imine (C=N–C) groups is 1. The number of ether oxygens (including phenoxy) is 1. The van der Waals surface area contributed by atoms with E-state index in [2.05, 4.69) is 39.8 Å². The Morgan fingerprint density at radius 3 is 2.64 bits per heavy atom. The van der Waals surface area contributed by atoms with Crippen molar-refractivity contribution >= 4 is 17.3 Å². The number of hydrogen-bond acceptors (Lipinski definition) is 5. The topological polar surface area (TPSA) is 61.8 Å². The summed E-state index contributed by atoms with van der Waals surface area (Å²) in [6, 6.07) is 0. The summed E-state index contributed by atoms with van der Waals surface area (Å²) in [6.07, 6.45) is 6.67.